The Morgan fingerprint density at radius 3 is 2.79 bits per heavy atom. The highest BCUT2D eigenvalue weighted by Crippen LogP contribution is 2.66. The van der Waals surface area contributed by atoms with E-state index in [1.165, 1.54) is 25.0 Å². The lowest BCUT2D eigenvalue weighted by Gasteiger charge is -2.61. The number of nitrogens with zero attached hydrogens (tertiary/aromatic N) is 1. The van der Waals surface area contributed by atoms with Crippen LogP contribution in [0.3, 0.4) is 0 Å². The fourth-order valence-corrected chi connectivity index (χ4v) is 7.75. The molecule has 0 aliphatic heterocycles. The smallest absolute Gasteiger partial charge is 0.139 e. The van der Waals surface area contributed by atoms with Gasteiger partial charge in [-0.2, -0.15) is 0 Å². The third-order valence-electron chi connectivity index (χ3n) is 9.43. The first-order valence-corrected chi connectivity index (χ1v) is 11.8. The molecule has 4 nitrogen and oxygen atoms in total. The highest BCUT2D eigenvalue weighted by atomic mass is 16.6. The number of nitrogens with one attached hydrogen (secondary N) is 1. The minimum Gasteiger partial charge on any atom is -0.396 e. The van der Waals surface area contributed by atoms with Gasteiger partial charge in [-0.1, -0.05) is 25.9 Å². The number of hydrogen-bond donors (Lipinski definition) is 1. The van der Waals surface area contributed by atoms with Crippen molar-refractivity contribution in [2.24, 2.45) is 45.6 Å². The molecule has 0 aromatic rings. The highest BCUT2D eigenvalue weighted by Gasteiger charge is 2.61. The standard InChI is InChI=1S/C24H40N2O2/c1-16-14-17-15-18(26-28-13-5-12-25-4)8-10-23(17,2)20-9-11-24(3)19(22(16)20)6-7-21(24)27/h16-17,19-20,22,25H,5-15H2,1-4H3/b26-18-/t16-,17?,19+,20+,22+,23+,24+/m1/s1. The van der Waals surface area contributed by atoms with Crippen LogP contribution >= 0.6 is 0 Å². The first-order valence-electron chi connectivity index (χ1n) is 11.8. The van der Waals surface area contributed by atoms with Crippen LogP contribution in [0.5, 0.6) is 0 Å². The molecule has 1 N–H and O–H groups in total. The second-order valence-electron chi connectivity index (χ2n) is 10.8. The van der Waals surface area contributed by atoms with E-state index in [0.29, 0.717) is 23.7 Å². The van der Waals surface area contributed by atoms with Crippen LogP contribution in [0.15, 0.2) is 5.16 Å². The fraction of sp³-hybridized carbons (Fsp3) is 0.917. The first-order chi connectivity index (χ1) is 13.4. The average Bonchev–Trinajstić information content (AvgIpc) is 2.97. The number of Topliss-reactive ketones (excluding diaryl/α,β-unsaturated/α-hetero) is 1. The summed E-state index contributed by atoms with van der Waals surface area (Å²) in [5.74, 6) is 4.21. The van der Waals surface area contributed by atoms with E-state index in [-0.39, 0.29) is 5.41 Å². The van der Waals surface area contributed by atoms with Crippen molar-refractivity contribution in [3.63, 3.8) is 0 Å². The molecule has 158 valence electrons. The minimum atomic E-state index is -0.0128. The molecule has 4 heteroatoms. The second kappa shape index (κ2) is 7.74. The summed E-state index contributed by atoms with van der Waals surface area (Å²) in [7, 11) is 1.97. The van der Waals surface area contributed by atoms with E-state index in [4.69, 9.17) is 4.84 Å². The molecule has 0 aromatic carbocycles. The highest BCUT2D eigenvalue weighted by molar-refractivity contribution is 5.87. The van der Waals surface area contributed by atoms with Crippen LogP contribution < -0.4 is 5.32 Å². The van der Waals surface area contributed by atoms with Gasteiger partial charge in [0.2, 0.25) is 0 Å². The lowest BCUT2D eigenvalue weighted by molar-refractivity contribution is -0.143. The van der Waals surface area contributed by atoms with Gasteiger partial charge < -0.3 is 10.2 Å². The molecule has 0 spiro atoms. The Labute approximate surface area is 171 Å². The summed E-state index contributed by atoms with van der Waals surface area (Å²) in [5.41, 5.74) is 1.70. The van der Waals surface area contributed by atoms with E-state index in [1.807, 2.05) is 7.05 Å². The maximum atomic E-state index is 12.6. The van der Waals surface area contributed by atoms with Crippen LogP contribution in [0.25, 0.3) is 0 Å². The monoisotopic (exact) mass is 388 g/mol. The number of ketones is 1. The normalized spacial score (nSPS) is 46.8. The van der Waals surface area contributed by atoms with Crippen molar-refractivity contribution in [2.45, 2.75) is 78.6 Å². The summed E-state index contributed by atoms with van der Waals surface area (Å²) >= 11 is 0. The van der Waals surface area contributed by atoms with Crippen LogP contribution in [0.2, 0.25) is 0 Å². The molecule has 0 saturated heterocycles. The largest absolute Gasteiger partial charge is 0.396 e. The van der Waals surface area contributed by atoms with E-state index < -0.39 is 0 Å². The number of rotatable bonds is 5. The van der Waals surface area contributed by atoms with Crippen molar-refractivity contribution >= 4 is 11.5 Å². The van der Waals surface area contributed by atoms with E-state index in [0.717, 1.165) is 68.7 Å². The Hall–Kier alpha value is -0.900. The Morgan fingerprint density at radius 1 is 1.18 bits per heavy atom. The number of carbonyl (C=O) groups is 1. The third-order valence-corrected chi connectivity index (χ3v) is 9.43. The van der Waals surface area contributed by atoms with Gasteiger partial charge in [0.15, 0.2) is 0 Å². The number of hydrogen-bond acceptors (Lipinski definition) is 4. The lowest BCUT2D eigenvalue weighted by Crippen LogP contribution is -2.56. The van der Waals surface area contributed by atoms with Gasteiger partial charge in [0.1, 0.15) is 12.4 Å². The molecule has 0 radical (unpaired) electrons. The quantitative estimate of drug-likeness (QED) is 0.542. The third kappa shape index (κ3) is 3.24. The van der Waals surface area contributed by atoms with Gasteiger partial charge in [-0.3, -0.25) is 4.79 Å². The minimum absolute atomic E-state index is 0.0128. The summed E-state index contributed by atoms with van der Waals surface area (Å²) < 4.78 is 0. The molecule has 4 fully saturated rings. The summed E-state index contributed by atoms with van der Waals surface area (Å²) in [6.07, 6.45) is 10.1. The second-order valence-corrected chi connectivity index (χ2v) is 10.8. The fourth-order valence-electron chi connectivity index (χ4n) is 7.75. The number of carbonyl (C=O) groups excluding carboxylic acids is 1. The zero-order valence-corrected chi connectivity index (χ0v) is 18.4. The van der Waals surface area contributed by atoms with Crippen molar-refractivity contribution < 1.29 is 9.63 Å². The summed E-state index contributed by atoms with van der Waals surface area (Å²) in [4.78, 5) is 18.3. The molecule has 4 rings (SSSR count). The van der Waals surface area contributed by atoms with Gasteiger partial charge in [0.05, 0.1) is 5.71 Å². The zero-order chi connectivity index (χ0) is 19.9. The molecule has 4 aliphatic carbocycles. The maximum absolute atomic E-state index is 12.6. The molecule has 0 bridgehead atoms. The average molecular weight is 389 g/mol. The molecule has 0 amide bonds. The van der Waals surface area contributed by atoms with Crippen molar-refractivity contribution in [2.75, 3.05) is 20.2 Å². The lowest BCUT2D eigenvalue weighted by atomic mass is 9.43. The van der Waals surface area contributed by atoms with Gasteiger partial charge >= 0.3 is 0 Å². The van der Waals surface area contributed by atoms with Gasteiger partial charge in [0.25, 0.3) is 0 Å². The first kappa shape index (κ1) is 20.4. The van der Waals surface area contributed by atoms with Gasteiger partial charge in [-0.15, -0.1) is 0 Å². The molecular weight excluding hydrogens is 348 g/mol. The molecule has 0 heterocycles. The van der Waals surface area contributed by atoms with Crippen molar-refractivity contribution in [1.82, 2.24) is 5.32 Å². The van der Waals surface area contributed by atoms with Crippen LogP contribution in [0.4, 0.5) is 0 Å². The van der Waals surface area contributed by atoms with Crippen LogP contribution in [0, 0.1) is 40.4 Å². The van der Waals surface area contributed by atoms with Crippen LogP contribution in [-0.4, -0.2) is 31.7 Å². The molecule has 28 heavy (non-hydrogen) atoms. The molecule has 4 saturated carbocycles. The van der Waals surface area contributed by atoms with Crippen molar-refractivity contribution in [3.05, 3.63) is 0 Å². The van der Waals surface area contributed by atoms with Crippen LogP contribution in [-0.2, 0) is 9.63 Å². The van der Waals surface area contributed by atoms with E-state index >= 15 is 0 Å². The summed E-state index contributed by atoms with van der Waals surface area (Å²) in [5, 5.41) is 7.68. The molecule has 0 aromatic heterocycles. The van der Waals surface area contributed by atoms with Crippen molar-refractivity contribution in [3.8, 4) is 0 Å². The van der Waals surface area contributed by atoms with E-state index in [9.17, 15) is 4.79 Å². The van der Waals surface area contributed by atoms with E-state index in [2.05, 4.69) is 31.2 Å². The van der Waals surface area contributed by atoms with Crippen LogP contribution in [0.1, 0.15) is 78.6 Å². The molecule has 4 aliphatic rings. The SMILES string of the molecule is CNCCCO/N=C1/CC[C@@]2(C)C(C1)C[C@@H](C)[C@@H]1[C@@H]2CC[C@]2(C)C(=O)CC[C@@H]12. The van der Waals surface area contributed by atoms with Gasteiger partial charge in [-0.05, 0) is 100.0 Å². The Morgan fingerprint density at radius 2 is 2.00 bits per heavy atom. The predicted molar refractivity (Wildman–Crippen MR) is 113 cm³/mol. The molecular formula is C24H40N2O2. The number of oxime groups is 1. The number of fused-ring (bicyclic) bond motifs is 5. The van der Waals surface area contributed by atoms with Gasteiger partial charge in [0, 0.05) is 11.8 Å². The van der Waals surface area contributed by atoms with Gasteiger partial charge in [-0.25, -0.2) is 0 Å². The Balaban J connectivity index is 1.47. The predicted octanol–water partition coefficient (Wildman–Crippen LogP) is 4.83. The zero-order valence-electron chi connectivity index (χ0n) is 18.4. The topological polar surface area (TPSA) is 50.7 Å². The summed E-state index contributed by atoms with van der Waals surface area (Å²) in [6, 6.07) is 0. The van der Waals surface area contributed by atoms with E-state index in [1.54, 1.807) is 0 Å². The summed E-state index contributed by atoms with van der Waals surface area (Å²) in [6.45, 7) is 9.04. The Bertz CT molecular complexity index is 632. The molecule has 7 atom stereocenters. The molecule has 1 unspecified atom stereocenters. The maximum Gasteiger partial charge on any atom is 0.139 e. The Kier molecular flexibility index (Phi) is 5.63. The van der Waals surface area contributed by atoms with Crippen molar-refractivity contribution in [1.29, 1.82) is 0 Å².